The second kappa shape index (κ2) is 5.76. The highest BCUT2D eigenvalue weighted by Crippen LogP contribution is 2.14. The second-order valence-electron chi connectivity index (χ2n) is 4.83. The number of carboxylic acid groups (broad SMARTS) is 1. The first-order valence-corrected chi connectivity index (χ1v) is 6.71. The van der Waals surface area contributed by atoms with Gasteiger partial charge in [-0.15, -0.1) is 0 Å². The molecular formula is C15H12N4O4. The minimum Gasteiger partial charge on any atom is -0.479 e. The number of H-pyrrole nitrogens is 1. The molecule has 0 radical (unpaired) electrons. The highest BCUT2D eigenvalue weighted by atomic mass is 16.4. The summed E-state index contributed by atoms with van der Waals surface area (Å²) in [5, 5.41) is 17.8. The van der Waals surface area contributed by atoms with Crippen LogP contribution in [0.3, 0.4) is 0 Å². The van der Waals surface area contributed by atoms with Gasteiger partial charge in [-0.3, -0.25) is 4.79 Å². The van der Waals surface area contributed by atoms with Crippen LogP contribution in [0.25, 0.3) is 5.65 Å². The Morgan fingerprint density at radius 3 is 2.61 bits per heavy atom. The lowest BCUT2D eigenvalue weighted by atomic mass is 10.1. The van der Waals surface area contributed by atoms with Crippen LogP contribution in [0.1, 0.15) is 22.0 Å². The Kier molecular flexibility index (Phi) is 3.63. The third-order valence-electron chi connectivity index (χ3n) is 3.33. The fourth-order valence-corrected chi connectivity index (χ4v) is 2.19. The molecule has 23 heavy (non-hydrogen) atoms. The van der Waals surface area contributed by atoms with Gasteiger partial charge in [0.15, 0.2) is 11.7 Å². The molecule has 3 N–H and O–H groups in total. The molecule has 0 spiro atoms. The normalized spacial score (nSPS) is 12.0. The van der Waals surface area contributed by atoms with Gasteiger partial charge in [-0.05, 0) is 17.7 Å². The minimum absolute atomic E-state index is 0.156. The van der Waals surface area contributed by atoms with Crippen molar-refractivity contribution in [2.24, 2.45) is 0 Å². The van der Waals surface area contributed by atoms with E-state index in [1.807, 2.05) is 0 Å². The Morgan fingerprint density at radius 1 is 1.17 bits per heavy atom. The van der Waals surface area contributed by atoms with Gasteiger partial charge in [-0.2, -0.15) is 5.10 Å². The van der Waals surface area contributed by atoms with E-state index in [-0.39, 0.29) is 5.56 Å². The summed E-state index contributed by atoms with van der Waals surface area (Å²) in [5.74, 6) is -1.78. The molecule has 0 unspecified atom stereocenters. The molecule has 1 aromatic carbocycles. The fourth-order valence-electron chi connectivity index (χ4n) is 2.19. The van der Waals surface area contributed by atoms with Crippen molar-refractivity contribution in [3.8, 4) is 0 Å². The zero-order valence-electron chi connectivity index (χ0n) is 11.8. The summed E-state index contributed by atoms with van der Waals surface area (Å²) in [6.45, 7) is 0. The number of nitrogens with zero attached hydrogens (tertiary/aromatic N) is 2. The van der Waals surface area contributed by atoms with Gasteiger partial charge in [0.2, 0.25) is 0 Å². The third kappa shape index (κ3) is 2.82. The van der Waals surface area contributed by atoms with Crippen molar-refractivity contribution in [3.63, 3.8) is 0 Å². The summed E-state index contributed by atoms with van der Waals surface area (Å²) >= 11 is 0. The first-order chi connectivity index (χ1) is 11.1. The molecule has 0 aliphatic heterocycles. The third-order valence-corrected chi connectivity index (χ3v) is 3.33. The number of hydrogen-bond donors (Lipinski definition) is 3. The highest BCUT2D eigenvalue weighted by Gasteiger charge is 2.22. The van der Waals surface area contributed by atoms with Crippen molar-refractivity contribution in [2.75, 3.05) is 0 Å². The van der Waals surface area contributed by atoms with Crippen LogP contribution in [-0.4, -0.2) is 31.6 Å². The van der Waals surface area contributed by atoms with Crippen LogP contribution in [0.4, 0.5) is 0 Å². The van der Waals surface area contributed by atoms with Crippen LogP contribution in [0.5, 0.6) is 0 Å². The number of carbonyl (C=O) groups excluding carboxylic acids is 1. The van der Waals surface area contributed by atoms with Crippen LogP contribution in [0, 0.1) is 0 Å². The van der Waals surface area contributed by atoms with Gasteiger partial charge in [0.1, 0.15) is 0 Å². The Balaban J connectivity index is 1.90. The maximum Gasteiger partial charge on any atom is 0.347 e. The maximum absolute atomic E-state index is 12.3. The van der Waals surface area contributed by atoms with Crippen LogP contribution < -0.4 is 11.0 Å². The first kappa shape index (κ1) is 14.5. The maximum atomic E-state index is 12.3. The summed E-state index contributed by atoms with van der Waals surface area (Å²) in [6, 6.07) is 10.1. The number of benzene rings is 1. The number of carboxylic acids is 1. The van der Waals surface area contributed by atoms with Crippen LogP contribution in [0.15, 0.2) is 53.5 Å². The molecule has 1 amide bonds. The number of rotatable bonds is 4. The summed E-state index contributed by atoms with van der Waals surface area (Å²) in [6.07, 6.45) is 1.31. The molecule has 0 saturated carbocycles. The van der Waals surface area contributed by atoms with E-state index < -0.39 is 23.6 Å². The number of aliphatic carboxylic acids is 1. The van der Waals surface area contributed by atoms with Gasteiger partial charge in [0, 0.05) is 6.20 Å². The Labute approximate surface area is 129 Å². The average molecular weight is 312 g/mol. The zero-order chi connectivity index (χ0) is 16.4. The molecule has 3 aromatic rings. The lowest BCUT2D eigenvalue weighted by molar-refractivity contribution is -0.139. The van der Waals surface area contributed by atoms with E-state index in [0.717, 1.165) is 0 Å². The standard InChI is InChI=1S/C15H12N4O4/c20-13(10-6-7-11-17-18-15(23)19(11)8-10)16-12(14(21)22)9-4-2-1-3-5-9/h1-8,12H,(H,16,20)(H,18,23)(H,21,22)/t12-/m1/s1. The van der Waals surface area contributed by atoms with Crippen LogP contribution in [-0.2, 0) is 4.79 Å². The van der Waals surface area contributed by atoms with Crippen LogP contribution >= 0.6 is 0 Å². The Morgan fingerprint density at radius 2 is 1.91 bits per heavy atom. The van der Waals surface area contributed by atoms with Crippen LogP contribution in [0.2, 0.25) is 0 Å². The number of nitrogens with one attached hydrogen (secondary N) is 2. The summed E-state index contributed by atoms with van der Waals surface area (Å²) in [4.78, 5) is 35.2. The molecule has 0 bridgehead atoms. The van der Waals surface area contributed by atoms with Crippen molar-refractivity contribution < 1.29 is 14.7 Å². The molecule has 3 rings (SSSR count). The molecule has 1 atom stereocenters. The van der Waals surface area contributed by atoms with E-state index in [4.69, 9.17) is 0 Å². The number of pyridine rings is 1. The van der Waals surface area contributed by atoms with E-state index in [1.54, 1.807) is 30.3 Å². The largest absolute Gasteiger partial charge is 0.479 e. The number of amides is 1. The van der Waals surface area contributed by atoms with E-state index in [9.17, 15) is 19.5 Å². The lowest BCUT2D eigenvalue weighted by Crippen LogP contribution is -2.34. The molecule has 2 heterocycles. The van der Waals surface area contributed by atoms with Gasteiger partial charge >= 0.3 is 11.7 Å². The van der Waals surface area contributed by atoms with Crippen molar-refractivity contribution >= 4 is 17.5 Å². The lowest BCUT2D eigenvalue weighted by Gasteiger charge is -2.14. The molecule has 0 aliphatic carbocycles. The number of carbonyl (C=O) groups is 2. The van der Waals surface area contributed by atoms with Crippen molar-refractivity contribution in [2.45, 2.75) is 6.04 Å². The van der Waals surface area contributed by atoms with Crippen molar-refractivity contribution in [1.82, 2.24) is 19.9 Å². The number of aromatic amines is 1. The van der Waals surface area contributed by atoms with E-state index >= 15 is 0 Å². The van der Waals surface area contributed by atoms with Gasteiger partial charge in [0.25, 0.3) is 5.91 Å². The molecule has 2 aromatic heterocycles. The van der Waals surface area contributed by atoms with Crippen molar-refractivity contribution in [1.29, 1.82) is 0 Å². The molecule has 8 nitrogen and oxygen atoms in total. The minimum atomic E-state index is -1.18. The van der Waals surface area contributed by atoms with Gasteiger partial charge in [-0.25, -0.2) is 19.1 Å². The average Bonchev–Trinajstić information content (AvgIpc) is 2.93. The quantitative estimate of drug-likeness (QED) is 0.651. The van der Waals surface area contributed by atoms with Gasteiger partial charge in [-0.1, -0.05) is 30.3 Å². The monoisotopic (exact) mass is 312 g/mol. The highest BCUT2D eigenvalue weighted by molar-refractivity contribution is 5.96. The number of aromatic nitrogens is 3. The topological polar surface area (TPSA) is 117 Å². The number of hydrogen-bond acceptors (Lipinski definition) is 4. The van der Waals surface area contributed by atoms with Gasteiger partial charge in [0.05, 0.1) is 5.56 Å². The molecule has 0 saturated heterocycles. The van der Waals surface area contributed by atoms with E-state index in [2.05, 4.69) is 15.5 Å². The Bertz CT molecular complexity index is 929. The predicted octanol–water partition coefficient (Wildman–Crippen LogP) is 0.578. The smallest absolute Gasteiger partial charge is 0.347 e. The predicted molar refractivity (Wildman–Crippen MR) is 80.1 cm³/mol. The van der Waals surface area contributed by atoms with E-state index in [0.29, 0.717) is 11.2 Å². The Hall–Kier alpha value is -3.42. The summed E-state index contributed by atoms with van der Waals surface area (Å²) in [7, 11) is 0. The second-order valence-corrected chi connectivity index (χ2v) is 4.83. The number of fused-ring (bicyclic) bond motifs is 1. The SMILES string of the molecule is O=C(N[C@@H](C(=O)O)c1ccccc1)c1ccc2n[nH]c(=O)n2c1. The molecule has 116 valence electrons. The molecule has 0 fully saturated rings. The molecule has 0 aliphatic rings. The van der Waals surface area contributed by atoms with Crippen molar-refractivity contribution in [3.05, 3.63) is 70.3 Å². The molecular weight excluding hydrogens is 300 g/mol. The van der Waals surface area contributed by atoms with Gasteiger partial charge < -0.3 is 10.4 Å². The molecule has 8 heteroatoms. The fraction of sp³-hybridized carbons (Fsp3) is 0.0667. The first-order valence-electron chi connectivity index (χ1n) is 6.71. The zero-order valence-corrected chi connectivity index (χ0v) is 11.8. The summed E-state index contributed by atoms with van der Waals surface area (Å²) in [5.41, 5.74) is 0.495. The summed E-state index contributed by atoms with van der Waals surface area (Å²) < 4.78 is 1.17. The van der Waals surface area contributed by atoms with E-state index in [1.165, 1.54) is 22.7 Å².